The largest absolute Gasteiger partial charge is 0.352 e. The van der Waals surface area contributed by atoms with Gasteiger partial charge in [0.2, 0.25) is 0 Å². The van der Waals surface area contributed by atoms with E-state index in [1.54, 1.807) is 36.4 Å². The Hall–Kier alpha value is -4.28. The summed E-state index contributed by atoms with van der Waals surface area (Å²) >= 11 is 6.31. The molecule has 2 aliphatic heterocycles. The van der Waals surface area contributed by atoms with Crippen LogP contribution in [0, 0.1) is 11.3 Å². The molecule has 0 N–H and O–H groups in total. The van der Waals surface area contributed by atoms with Crippen LogP contribution in [0.1, 0.15) is 67.5 Å². The molecule has 3 atom stereocenters. The summed E-state index contributed by atoms with van der Waals surface area (Å²) < 4.78 is 0. The smallest absolute Gasteiger partial charge is 0.185 e. The summed E-state index contributed by atoms with van der Waals surface area (Å²) in [7, 11) is 0. The fourth-order valence-corrected chi connectivity index (χ4v) is 7.53. The van der Waals surface area contributed by atoms with Gasteiger partial charge < -0.3 is 4.90 Å². The highest BCUT2D eigenvalue weighted by Gasteiger charge is 2.71. The number of carbonyl (C=O) groups excluding carboxylic acids is 3. The summed E-state index contributed by atoms with van der Waals surface area (Å²) in [4.78, 5) is 46.2. The Balaban J connectivity index is 1.48. The fourth-order valence-electron chi connectivity index (χ4n) is 7.41. The molecule has 1 unspecified atom stereocenters. The van der Waals surface area contributed by atoms with Gasteiger partial charge in [-0.3, -0.25) is 14.4 Å². The van der Waals surface area contributed by atoms with Crippen molar-refractivity contribution in [1.82, 2.24) is 0 Å². The first-order valence-corrected chi connectivity index (χ1v) is 14.8. The Morgan fingerprint density at radius 3 is 2.10 bits per heavy atom. The van der Waals surface area contributed by atoms with E-state index >= 15 is 0 Å². The topological polar surface area (TPSA) is 54.5 Å². The van der Waals surface area contributed by atoms with Crippen molar-refractivity contribution in [2.24, 2.45) is 11.3 Å². The first-order chi connectivity index (χ1) is 20.3. The van der Waals surface area contributed by atoms with Crippen LogP contribution in [0.5, 0.6) is 0 Å². The Bertz CT molecular complexity index is 1730. The highest BCUT2D eigenvalue weighted by atomic mass is 35.5. The predicted molar refractivity (Wildman–Crippen MR) is 167 cm³/mol. The molecule has 3 aliphatic rings. The van der Waals surface area contributed by atoms with Crippen LogP contribution in [0.2, 0.25) is 5.02 Å². The van der Waals surface area contributed by atoms with Gasteiger partial charge in [-0.2, -0.15) is 0 Å². The van der Waals surface area contributed by atoms with Gasteiger partial charge in [0.05, 0.1) is 6.04 Å². The third kappa shape index (κ3) is 3.78. The van der Waals surface area contributed by atoms with Gasteiger partial charge in [0.15, 0.2) is 17.3 Å². The predicted octanol–water partition coefficient (Wildman–Crippen LogP) is 7.85. The normalized spacial score (nSPS) is 21.5. The molecule has 1 fully saturated rings. The second kappa shape index (κ2) is 9.92. The number of benzene rings is 4. The quantitative estimate of drug-likeness (QED) is 0.181. The van der Waals surface area contributed by atoms with Crippen molar-refractivity contribution in [3.63, 3.8) is 0 Å². The van der Waals surface area contributed by atoms with Crippen LogP contribution in [-0.4, -0.2) is 29.4 Å². The van der Waals surface area contributed by atoms with E-state index in [0.29, 0.717) is 27.6 Å². The minimum absolute atomic E-state index is 0.116. The number of ketones is 3. The molecular formula is C37H30ClNO3. The zero-order valence-corrected chi connectivity index (χ0v) is 24.2. The average molecular weight is 572 g/mol. The van der Waals surface area contributed by atoms with Gasteiger partial charge in [-0.05, 0) is 47.2 Å². The minimum Gasteiger partial charge on any atom is -0.352 e. The van der Waals surface area contributed by atoms with Gasteiger partial charge in [-0.25, -0.2) is 0 Å². The molecule has 0 bridgehead atoms. The number of fused-ring (bicyclic) bond motifs is 5. The maximum absolute atomic E-state index is 14.8. The monoisotopic (exact) mass is 571 g/mol. The number of Topliss-reactive ketones (excluding diaryl/α,β-unsaturated/α-hetero) is 3. The van der Waals surface area contributed by atoms with Crippen LogP contribution < -0.4 is 4.90 Å². The van der Waals surface area contributed by atoms with E-state index in [0.717, 1.165) is 23.2 Å². The SMILES string of the molecule is CC(C)Cc1ccc(C(=O)[C@@H]2[C@@H](c3ccc(Cl)cc3)C3(C(=O)c4ccccc4C3=O)C3C=Cc4ccccc4N32)cc1. The lowest BCUT2D eigenvalue weighted by Crippen LogP contribution is -2.48. The van der Waals surface area contributed by atoms with Crippen LogP contribution in [-0.2, 0) is 6.42 Å². The summed E-state index contributed by atoms with van der Waals surface area (Å²) in [5, 5.41) is 0.546. The molecule has 4 nitrogen and oxygen atoms in total. The zero-order valence-electron chi connectivity index (χ0n) is 23.5. The van der Waals surface area contributed by atoms with Crippen molar-refractivity contribution < 1.29 is 14.4 Å². The number of nitrogens with zero attached hydrogens (tertiary/aromatic N) is 1. The maximum atomic E-state index is 14.8. The van der Waals surface area contributed by atoms with Gasteiger partial charge in [0.1, 0.15) is 11.5 Å². The van der Waals surface area contributed by atoms with Crippen LogP contribution in [0.15, 0.2) is 103 Å². The molecule has 1 spiro atoms. The van der Waals surface area contributed by atoms with Crippen molar-refractivity contribution in [3.8, 4) is 0 Å². The van der Waals surface area contributed by atoms with E-state index in [1.807, 2.05) is 77.7 Å². The third-order valence-corrected chi connectivity index (χ3v) is 9.35. The summed E-state index contributed by atoms with van der Waals surface area (Å²) in [6.07, 6.45) is 4.85. The summed E-state index contributed by atoms with van der Waals surface area (Å²) in [5.74, 6) is -0.830. The van der Waals surface area contributed by atoms with Crippen molar-refractivity contribution >= 4 is 40.7 Å². The van der Waals surface area contributed by atoms with Crippen molar-refractivity contribution in [3.05, 3.63) is 142 Å². The molecule has 0 aromatic heterocycles. The van der Waals surface area contributed by atoms with Gasteiger partial charge in [-0.15, -0.1) is 0 Å². The molecule has 0 radical (unpaired) electrons. The maximum Gasteiger partial charge on any atom is 0.185 e. The van der Waals surface area contributed by atoms with Gasteiger partial charge in [0, 0.05) is 33.3 Å². The van der Waals surface area contributed by atoms with E-state index in [1.165, 1.54) is 5.56 Å². The van der Waals surface area contributed by atoms with Crippen LogP contribution in [0.3, 0.4) is 0 Å². The van der Waals surface area contributed by atoms with E-state index < -0.39 is 23.4 Å². The number of hydrogen-bond acceptors (Lipinski definition) is 4. The minimum atomic E-state index is -1.51. The third-order valence-electron chi connectivity index (χ3n) is 9.09. The molecule has 1 aliphatic carbocycles. The van der Waals surface area contributed by atoms with Crippen LogP contribution in [0.25, 0.3) is 6.08 Å². The molecule has 2 heterocycles. The zero-order chi connectivity index (χ0) is 29.2. The van der Waals surface area contributed by atoms with E-state index in [9.17, 15) is 14.4 Å². The van der Waals surface area contributed by atoms with Crippen LogP contribution in [0.4, 0.5) is 5.69 Å². The molecule has 5 heteroatoms. The second-order valence-electron chi connectivity index (χ2n) is 12.0. The Labute approximate surface area is 250 Å². The lowest BCUT2D eigenvalue weighted by atomic mass is 9.64. The van der Waals surface area contributed by atoms with Gasteiger partial charge >= 0.3 is 0 Å². The first-order valence-electron chi connectivity index (χ1n) is 14.4. The molecule has 4 aromatic carbocycles. The number of halogens is 1. The Kier molecular flexibility index (Phi) is 6.29. The van der Waals surface area contributed by atoms with Crippen molar-refractivity contribution in [2.75, 3.05) is 4.90 Å². The molecule has 0 amide bonds. The molecule has 208 valence electrons. The molecule has 0 saturated carbocycles. The first kappa shape index (κ1) is 26.6. The molecule has 4 aromatic rings. The average Bonchev–Trinajstić information content (AvgIpc) is 3.43. The van der Waals surface area contributed by atoms with Gasteiger partial charge in [-0.1, -0.05) is 116 Å². The standard InChI is InChI=1S/C37H30ClNO3/c1-22(2)21-23-11-13-26(14-12-23)34(40)33-32(25-15-18-27(38)19-16-25)37(35(41)28-8-4-5-9-29(28)36(37)42)31-20-17-24-7-3-6-10-30(24)39(31)33/h3-20,22,31-33H,21H2,1-2H3/t31?,32-,33+/m1/s1. The number of para-hydroxylation sites is 1. The van der Waals surface area contributed by atoms with E-state index in [-0.39, 0.29) is 17.3 Å². The Morgan fingerprint density at radius 1 is 0.833 bits per heavy atom. The van der Waals surface area contributed by atoms with Crippen molar-refractivity contribution in [2.45, 2.75) is 38.3 Å². The molecule has 1 saturated heterocycles. The number of carbonyl (C=O) groups is 3. The lowest BCUT2D eigenvalue weighted by Gasteiger charge is -2.37. The van der Waals surface area contributed by atoms with Crippen LogP contribution >= 0.6 is 11.6 Å². The summed E-state index contributed by atoms with van der Waals surface area (Å²) in [6.45, 7) is 4.34. The fraction of sp³-hybridized carbons (Fsp3) is 0.216. The second-order valence-corrected chi connectivity index (χ2v) is 12.4. The highest BCUT2D eigenvalue weighted by Crippen LogP contribution is 2.61. The number of rotatable bonds is 5. The molecule has 7 rings (SSSR count). The van der Waals surface area contributed by atoms with E-state index in [2.05, 4.69) is 13.8 Å². The van der Waals surface area contributed by atoms with Crippen molar-refractivity contribution in [1.29, 1.82) is 0 Å². The lowest BCUT2D eigenvalue weighted by molar-refractivity contribution is 0.0666. The number of anilines is 1. The molecule has 42 heavy (non-hydrogen) atoms. The number of hydrogen-bond donors (Lipinski definition) is 0. The van der Waals surface area contributed by atoms with E-state index in [4.69, 9.17) is 11.6 Å². The Morgan fingerprint density at radius 2 is 1.45 bits per heavy atom. The highest BCUT2D eigenvalue weighted by molar-refractivity contribution is 6.32. The molecular weight excluding hydrogens is 542 g/mol. The van der Waals surface area contributed by atoms with Gasteiger partial charge in [0.25, 0.3) is 0 Å². The summed E-state index contributed by atoms with van der Waals surface area (Å²) in [5.41, 5.74) is 3.57. The summed E-state index contributed by atoms with van der Waals surface area (Å²) in [6, 6.07) is 28.5.